The molecule has 0 bridgehead atoms. The Hall–Kier alpha value is -3.10. The van der Waals surface area contributed by atoms with Crippen LogP contribution in [0.5, 0.6) is 5.75 Å². The molecular formula is C21H20ClN3O4S. The van der Waals surface area contributed by atoms with Gasteiger partial charge in [0, 0.05) is 10.1 Å². The van der Waals surface area contributed by atoms with Gasteiger partial charge in [0.2, 0.25) is 0 Å². The fourth-order valence-corrected chi connectivity index (χ4v) is 4.06. The number of aryl methyl sites for hydroxylation is 2. The Labute approximate surface area is 182 Å². The van der Waals surface area contributed by atoms with Crippen LogP contribution in [0.1, 0.15) is 20.8 Å². The maximum atomic E-state index is 12.3. The van der Waals surface area contributed by atoms with Gasteiger partial charge in [-0.3, -0.25) is 25.2 Å². The largest absolute Gasteiger partial charge is 0.483 e. The summed E-state index contributed by atoms with van der Waals surface area (Å²) in [5.41, 5.74) is 6.39. The van der Waals surface area contributed by atoms with Gasteiger partial charge < -0.3 is 10.1 Å². The number of benzene rings is 2. The van der Waals surface area contributed by atoms with Crippen LogP contribution >= 0.6 is 22.9 Å². The molecule has 0 atom stereocenters. The van der Waals surface area contributed by atoms with Crippen molar-refractivity contribution in [3.63, 3.8) is 0 Å². The third kappa shape index (κ3) is 5.28. The van der Waals surface area contributed by atoms with Crippen molar-refractivity contribution in [1.82, 2.24) is 16.2 Å². The minimum Gasteiger partial charge on any atom is -0.483 e. The monoisotopic (exact) mass is 445 g/mol. The van der Waals surface area contributed by atoms with Gasteiger partial charge >= 0.3 is 0 Å². The van der Waals surface area contributed by atoms with Gasteiger partial charge in [0.1, 0.15) is 10.6 Å². The lowest BCUT2D eigenvalue weighted by Crippen LogP contribution is -2.47. The molecule has 3 aromatic rings. The zero-order chi connectivity index (χ0) is 21.7. The van der Waals surface area contributed by atoms with E-state index >= 15 is 0 Å². The topological polar surface area (TPSA) is 96.5 Å². The van der Waals surface area contributed by atoms with E-state index in [0.717, 1.165) is 21.2 Å². The highest BCUT2D eigenvalue weighted by Gasteiger charge is 2.17. The van der Waals surface area contributed by atoms with E-state index in [9.17, 15) is 14.4 Å². The second-order valence-corrected chi connectivity index (χ2v) is 8.01. The van der Waals surface area contributed by atoms with Crippen LogP contribution in [0.3, 0.4) is 0 Å². The Morgan fingerprint density at radius 2 is 1.77 bits per heavy atom. The number of carbonyl (C=O) groups excluding carboxylic acids is 3. The number of hydrogen-bond donors (Lipinski definition) is 3. The number of nitrogens with one attached hydrogen (secondary N) is 3. The van der Waals surface area contributed by atoms with Crippen molar-refractivity contribution in [2.45, 2.75) is 13.8 Å². The fraction of sp³-hybridized carbons (Fsp3) is 0.190. The molecule has 0 aliphatic carbocycles. The fourth-order valence-electron chi connectivity index (χ4n) is 2.63. The van der Waals surface area contributed by atoms with Crippen molar-refractivity contribution in [3.8, 4) is 5.75 Å². The van der Waals surface area contributed by atoms with Crippen LogP contribution in [0.4, 0.5) is 0 Å². The van der Waals surface area contributed by atoms with E-state index < -0.39 is 17.7 Å². The van der Waals surface area contributed by atoms with Gasteiger partial charge in [-0.15, -0.1) is 11.3 Å². The molecule has 3 amide bonds. The summed E-state index contributed by atoms with van der Waals surface area (Å²) in [6, 6.07) is 13.1. The third-order valence-corrected chi connectivity index (χ3v) is 5.87. The highest BCUT2D eigenvalue weighted by molar-refractivity contribution is 7.21. The standard InChI is InChI=1S/C21H20ClN3O4S/c1-12-7-8-13(2)15(9-12)29-11-18(27)25-24-17(26)10-23-21(28)20-19(22)14-5-3-4-6-16(14)30-20/h3-9H,10-11H2,1-2H3,(H,23,28)(H,24,26)(H,25,27). The zero-order valence-electron chi connectivity index (χ0n) is 16.4. The van der Waals surface area contributed by atoms with Crippen molar-refractivity contribution in [2.24, 2.45) is 0 Å². The number of thiophene rings is 1. The van der Waals surface area contributed by atoms with Gasteiger partial charge in [0.15, 0.2) is 6.61 Å². The molecule has 0 spiro atoms. The average molecular weight is 446 g/mol. The van der Waals surface area contributed by atoms with Gasteiger partial charge in [-0.2, -0.15) is 0 Å². The minimum atomic E-state index is -0.583. The molecule has 0 unspecified atom stereocenters. The third-order valence-electron chi connectivity index (χ3n) is 4.19. The summed E-state index contributed by atoms with van der Waals surface area (Å²) < 4.78 is 6.35. The average Bonchev–Trinajstić information content (AvgIpc) is 3.08. The van der Waals surface area contributed by atoms with Gasteiger partial charge in [0.05, 0.1) is 11.6 Å². The molecule has 9 heteroatoms. The lowest BCUT2D eigenvalue weighted by molar-refractivity contribution is -0.129. The summed E-state index contributed by atoms with van der Waals surface area (Å²) in [7, 11) is 0. The molecule has 156 valence electrons. The SMILES string of the molecule is Cc1ccc(C)c(OCC(=O)NNC(=O)CNC(=O)c2sc3ccccc3c2Cl)c1. The Balaban J connectivity index is 1.44. The van der Waals surface area contributed by atoms with Crippen molar-refractivity contribution in [3.05, 3.63) is 63.5 Å². The molecule has 0 saturated carbocycles. The summed E-state index contributed by atoms with van der Waals surface area (Å²) in [6.07, 6.45) is 0. The van der Waals surface area contributed by atoms with E-state index in [1.807, 2.05) is 56.3 Å². The van der Waals surface area contributed by atoms with E-state index in [0.29, 0.717) is 15.6 Å². The van der Waals surface area contributed by atoms with Gasteiger partial charge in [0.25, 0.3) is 17.7 Å². The molecular weight excluding hydrogens is 426 g/mol. The number of hydrogen-bond acceptors (Lipinski definition) is 5. The molecule has 3 N–H and O–H groups in total. The highest BCUT2D eigenvalue weighted by Crippen LogP contribution is 2.34. The van der Waals surface area contributed by atoms with E-state index in [-0.39, 0.29) is 13.2 Å². The summed E-state index contributed by atoms with van der Waals surface area (Å²) in [5, 5.41) is 3.63. The lowest BCUT2D eigenvalue weighted by atomic mass is 10.1. The van der Waals surface area contributed by atoms with Crippen molar-refractivity contribution >= 4 is 50.7 Å². The molecule has 0 saturated heterocycles. The molecule has 3 rings (SSSR count). The van der Waals surface area contributed by atoms with Crippen LogP contribution in [-0.4, -0.2) is 30.9 Å². The van der Waals surface area contributed by atoms with Crippen LogP contribution in [-0.2, 0) is 9.59 Å². The summed E-state index contributed by atoms with van der Waals surface area (Å²) in [5.74, 6) is -0.964. The second-order valence-electron chi connectivity index (χ2n) is 6.58. The van der Waals surface area contributed by atoms with E-state index in [4.69, 9.17) is 16.3 Å². The summed E-state index contributed by atoms with van der Waals surface area (Å²) >= 11 is 7.50. The highest BCUT2D eigenvalue weighted by atomic mass is 35.5. The minimum absolute atomic E-state index is 0.256. The van der Waals surface area contributed by atoms with E-state index in [1.165, 1.54) is 11.3 Å². The molecule has 7 nitrogen and oxygen atoms in total. The van der Waals surface area contributed by atoms with Crippen molar-refractivity contribution in [1.29, 1.82) is 0 Å². The first-order valence-electron chi connectivity index (χ1n) is 9.08. The van der Waals surface area contributed by atoms with Crippen molar-refractivity contribution in [2.75, 3.05) is 13.2 Å². The molecule has 0 fully saturated rings. The first kappa shape index (κ1) is 21.6. The molecule has 30 heavy (non-hydrogen) atoms. The molecule has 2 aromatic carbocycles. The molecule has 0 aliphatic heterocycles. The first-order valence-corrected chi connectivity index (χ1v) is 10.3. The quantitative estimate of drug-likeness (QED) is 0.508. The molecule has 1 aromatic heterocycles. The predicted octanol–water partition coefficient (Wildman–Crippen LogP) is 3.13. The Morgan fingerprint density at radius 1 is 1.03 bits per heavy atom. The van der Waals surface area contributed by atoms with Gasteiger partial charge in [-0.1, -0.05) is 41.9 Å². The normalized spacial score (nSPS) is 10.5. The Kier molecular flexibility index (Phi) is 6.91. The number of halogens is 1. The lowest BCUT2D eigenvalue weighted by Gasteiger charge is -2.11. The number of fused-ring (bicyclic) bond motifs is 1. The summed E-state index contributed by atoms with van der Waals surface area (Å²) in [6.45, 7) is 3.22. The van der Waals surface area contributed by atoms with Crippen molar-refractivity contribution < 1.29 is 19.1 Å². The van der Waals surface area contributed by atoms with Crippen LogP contribution in [0, 0.1) is 13.8 Å². The predicted molar refractivity (Wildman–Crippen MR) is 117 cm³/mol. The van der Waals surface area contributed by atoms with Gasteiger partial charge in [-0.25, -0.2) is 0 Å². The van der Waals surface area contributed by atoms with Crippen LogP contribution < -0.4 is 20.9 Å². The molecule has 0 aliphatic rings. The number of rotatable bonds is 6. The number of hydrazine groups is 1. The number of carbonyl (C=O) groups is 3. The van der Waals surface area contributed by atoms with Crippen LogP contribution in [0.25, 0.3) is 10.1 Å². The smallest absolute Gasteiger partial charge is 0.276 e. The molecule has 0 radical (unpaired) electrons. The molecule has 1 heterocycles. The summed E-state index contributed by atoms with van der Waals surface area (Å²) in [4.78, 5) is 36.4. The zero-order valence-corrected chi connectivity index (χ0v) is 17.9. The second kappa shape index (κ2) is 9.60. The van der Waals surface area contributed by atoms with E-state index in [1.54, 1.807) is 0 Å². The maximum Gasteiger partial charge on any atom is 0.276 e. The van der Waals surface area contributed by atoms with Crippen LogP contribution in [0.15, 0.2) is 42.5 Å². The maximum absolute atomic E-state index is 12.3. The van der Waals surface area contributed by atoms with Gasteiger partial charge in [-0.05, 0) is 37.1 Å². The Bertz CT molecular complexity index is 1110. The van der Waals surface area contributed by atoms with Crippen LogP contribution in [0.2, 0.25) is 5.02 Å². The number of amides is 3. The number of ether oxygens (including phenoxy) is 1. The Morgan fingerprint density at radius 3 is 2.53 bits per heavy atom. The first-order chi connectivity index (χ1) is 14.3. The van der Waals surface area contributed by atoms with E-state index in [2.05, 4.69) is 16.2 Å².